The summed E-state index contributed by atoms with van der Waals surface area (Å²) in [6.07, 6.45) is 3.56. The van der Waals surface area contributed by atoms with Crippen molar-refractivity contribution < 1.29 is 34.8 Å². The van der Waals surface area contributed by atoms with Gasteiger partial charge in [-0.1, -0.05) is 0 Å². The number of nitrogens with zero attached hydrogens (tertiary/aromatic N) is 5. The molecule has 238 valence electrons. The number of aromatic nitrogens is 4. The summed E-state index contributed by atoms with van der Waals surface area (Å²) >= 11 is 0. The van der Waals surface area contributed by atoms with Gasteiger partial charge < -0.3 is 25.3 Å². The number of carboxylic acid groups (broad SMARTS) is 3. The number of anilines is 1. The van der Waals surface area contributed by atoms with Crippen LogP contribution in [0.25, 0.3) is 0 Å². The molecule has 2 aromatic heterocycles. The zero-order chi connectivity index (χ0) is 31.9. The number of aliphatic hydroxyl groups is 1. The van der Waals surface area contributed by atoms with Crippen molar-refractivity contribution in [2.24, 2.45) is 0 Å². The van der Waals surface area contributed by atoms with E-state index in [4.69, 9.17) is 30.5 Å². The number of nitrogens with one attached hydrogen (secondary N) is 1. The fourth-order valence-electron chi connectivity index (χ4n) is 5.73. The van der Waals surface area contributed by atoms with Crippen molar-refractivity contribution in [2.75, 3.05) is 31.1 Å². The Morgan fingerprint density at radius 1 is 1.02 bits per heavy atom. The number of carboxylic acids is 3. The first-order valence-corrected chi connectivity index (χ1v) is 14.7. The van der Waals surface area contributed by atoms with Crippen LogP contribution in [0.4, 0.5) is 5.95 Å². The number of rotatable bonds is 10. The first-order chi connectivity index (χ1) is 20.2. The van der Waals surface area contributed by atoms with Crippen LogP contribution in [-0.2, 0) is 20.9 Å². The Kier molecular flexibility index (Phi) is 11.4. The minimum absolute atomic E-state index is 0.0254. The lowest BCUT2D eigenvalue weighted by Gasteiger charge is -2.33. The third-order valence-electron chi connectivity index (χ3n) is 7.96. The molecular weight excluding hydrogens is 560 g/mol. The number of likely N-dealkylation sites (tertiary alicyclic amines) is 1. The lowest BCUT2D eigenvalue weighted by molar-refractivity contribution is -0.170. The van der Waals surface area contributed by atoms with Gasteiger partial charge in [0.05, 0.1) is 24.2 Å². The highest BCUT2D eigenvalue weighted by Crippen LogP contribution is 2.28. The zero-order valence-corrected chi connectivity index (χ0v) is 25.4. The number of hydrogen-bond donors (Lipinski definition) is 5. The second-order valence-corrected chi connectivity index (χ2v) is 11.8. The third-order valence-corrected chi connectivity index (χ3v) is 7.96. The van der Waals surface area contributed by atoms with Crippen molar-refractivity contribution in [3.8, 4) is 0 Å². The highest BCUT2D eigenvalue weighted by molar-refractivity contribution is 5.88. The van der Waals surface area contributed by atoms with Crippen molar-refractivity contribution in [3.63, 3.8) is 0 Å². The quantitative estimate of drug-likeness (QED) is 0.265. The molecule has 2 fully saturated rings. The van der Waals surface area contributed by atoms with E-state index < -0.39 is 36.4 Å². The molecule has 14 heteroatoms. The first kappa shape index (κ1) is 33.7. The second-order valence-electron chi connectivity index (χ2n) is 11.8. The molecule has 2 saturated heterocycles. The SMILES string of the molecule is Cc1nn(C(C)C)c(C)c1CN1CCCC(c2cc(=O)[nH]c(N3CCCCC3)n2)C1.O=C(O)CC(O)(CC(=O)O)C(=O)O. The third kappa shape index (κ3) is 9.10. The van der Waals surface area contributed by atoms with Gasteiger partial charge in [-0.05, 0) is 66.3 Å². The molecule has 0 spiro atoms. The molecule has 2 aliphatic rings. The van der Waals surface area contributed by atoms with Crippen LogP contribution in [0.1, 0.15) is 93.4 Å². The second kappa shape index (κ2) is 14.6. The molecule has 1 atom stereocenters. The maximum absolute atomic E-state index is 12.4. The Balaban J connectivity index is 0.000000331. The average Bonchev–Trinajstić information content (AvgIpc) is 3.21. The van der Waals surface area contributed by atoms with Gasteiger partial charge in [0.1, 0.15) is 0 Å². The van der Waals surface area contributed by atoms with Crippen LogP contribution in [0.15, 0.2) is 10.9 Å². The Hall–Kier alpha value is -3.78. The zero-order valence-electron chi connectivity index (χ0n) is 25.4. The van der Waals surface area contributed by atoms with E-state index in [1.165, 1.54) is 30.5 Å². The number of carbonyl (C=O) groups is 3. The predicted molar refractivity (Wildman–Crippen MR) is 157 cm³/mol. The molecule has 4 heterocycles. The molecule has 0 bridgehead atoms. The molecule has 0 aliphatic carbocycles. The summed E-state index contributed by atoms with van der Waals surface area (Å²) < 4.78 is 2.13. The van der Waals surface area contributed by atoms with E-state index in [9.17, 15) is 19.2 Å². The smallest absolute Gasteiger partial charge is 0.336 e. The van der Waals surface area contributed by atoms with Gasteiger partial charge in [0.25, 0.3) is 5.56 Å². The van der Waals surface area contributed by atoms with Crippen molar-refractivity contribution in [3.05, 3.63) is 39.1 Å². The summed E-state index contributed by atoms with van der Waals surface area (Å²) in [5.74, 6) is -3.95. The van der Waals surface area contributed by atoms with Gasteiger partial charge in [0, 0.05) is 55.5 Å². The number of aromatic amines is 1. The fraction of sp³-hybridized carbons (Fsp3) is 0.655. The van der Waals surface area contributed by atoms with Crippen LogP contribution < -0.4 is 10.5 Å². The molecule has 14 nitrogen and oxygen atoms in total. The van der Waals surface area contributed by atoms with Crippen LogP contribution in [0.3, 0.4) is 0 Å². The molecule has 1 unspecified atom stereocenters. The van der Waals surface area contributed by atoms with Gasteiger partial charge >= 0.3 is 17.9 Å². The van der Waals surface area contributed by atoms with Gasteiger partial charge in [0.15, 0.2) is 5.60 Å². The molecule has 43 heavy (non-hydrogen) atoms. The topological polar surface area (TPSA) is 202 Å². The van der Waals surface area contributed by atoms with Gasteiger partial charge in [-0.3, -0.25) is 28.9 Å². The summed E-state index contributed by atoms with van der Waals surface area (Å²) in [6.45, 7) is 13.6. The van der Waals surface area contributed by atoms with E-state index in [-0.39, 0.29) is 5.56 Å². The number of H-pyrrole nitrogens is 1. The van der Waals surface area contributed by atoms with Crippen molar-refractivity contribution in [1.82, 2.24) is 24.6 Å². The van der Waals surface area contributed by atoms with Crippen molar-refractivity contribution >= 4 is 23.9 Å². The minimum Gasteiger partial charge on any atom is -0.481 e. The van der Waals surface area contributed by atoms with E-state index in [1.54, 1.807) is 6.07 Å². The predicted octanol–water partition coefficient (Wildman–Crippen LogP) is 2.29. The van der Waals surface area contributed by atoms with Gasteiger partial charge in [-0.25, -0.2) is 9.78 Å². The number of aryl methyl sites for hydroxylation is 1. The fourth-order valence-corrected chi connectivity index (χ4v) is 5.73. The van der Waals surface area contributed by atoms with Crippen LogP contribution in [0.5, 0.6) is 0 Å². The van der Waals surface area contributed by atoms with Crippen molar-refractivity contribution in [2.45, 2.75) is 96.7 Å². The van der Waals surface area contributed by atoms with Crippen LogP contribution >= 0.6 is 0 Å². The molecule has 0 radical (unpaired) electrons. The average molecular weight is 605 g/mol. The molecule has 0 amide bonds. The lowest BCUT2D eigenvalue weighted by Crippen LogP contribution is -2.42. The van der Waals surface area contributed by atoms with Gasteiger partial charge in [0.2, 0.25) is 5.95 Å². The monoisotopic (exact) mass is 604 g/mol. The summed E-state index contributed by atoms with van der Waals surface area (Å²) in [7, 11) is 0. The number of hydrogen-bond acceptors (Lipinski definition) is 9. The number of piperidine rings is 2. The van der Waals surface area contributed by atoms with E-state index in [2.05, 4.69) is 47.2 Å². The van der Waals surface area contributed by atoms with Gasteiger partial charge in [-0.2, -0.15) is 5.10 Å². The normalized spacial score (nSPS) is 17.8. The first-order valence-electron chi connectivity index (χ1n) is 14.7. The molecule has 5 N–H and O–H groups in total. The molecule has 2 aliphatic heterocycles. The van der Waals surface area contributed by atoms with Crippen molar-refractivity contribution in [1.29, 1.82) is 0 Å². The highest BCUT2D eigenvalue weighted by atomic mass is 16.4. The van der Waals surface area contributed by atoms with Crippen LogP contribution in [-0.4, -0.2) is 94.8 Å². The molecule has 0 aromatic carbocycles. The van der Waals surface area contributed by atoms with E-state index in [1.807, 2.05) is 0 Å². The van der Waals surface area contributed by atoms with Crippen LogP contribution in [0.2, 0.25) is 0 Å². The Labute approximate surface area is 250 Å². The molecular formula is C29H44N6O8. The summed E-state index contributed by atoms with van der Waals surface area (Å²) in [5.41, 5.74) is 1.93. The standard InChI is InChI=1S/C23H36N6O.C6H8O7/c1-16(2)29-18(4)20(17(3)26-29)15-27-10-8-9-19(14-27)21-13-22(30)25-23(24-21)28-11-6-5-7-12-28;7-3(8)1-6(13,5(11)12)2-4(9)10/h13,16,19H,5-12,14-15H2,1-4H3,(H,24,25,30);13H,1-2H2,(H,7,8)(H,9,10)(H,11,12). The lowest BCUT2D eigenvalue weighted by atomic mass is 9.94. The summed E-state index contributed by atoms with van der Waals surface area (Å²) in [6, 6.07) is 2.09. The largest absolute Gasteiger partial charge is 0.481 e. The van der Waals surface area contributed by atoms with E-state index in [0.29, 0.717) is 12.0 Å². The minimum atomic E-state index is -2.74. The Morgan fingerprint density at radius 2 is 1.65 bits per heavy atom. The molecule has 2 aromatic rings. The van der Waals surface area contributed by atoms with E-state index in [0.717, 1.165) is 62.9 Å². The molecule has 0 saturated carbocycles. The highest BCUT2D eigenvalue weighted by Gasteiger charge is 2.40. The van der Waals surface area contributed by atoms with Gasteiger partial charge in [-0.15, -0.1) is 0 Å². The Morgan fingerprint density at radius 3 is 2.19 bits per heavy atom. The summed E-state index contributed by atoms with van der Waals surface area (Å²) in [5, 5.41) is 38.6. The maximum Gasteiger partial charge on any atom is 0.336 e. The van der Waals surface area contributed by atoms with E-state index >= 15 is 0 Å². The Bertz CT molecular complexity index is 1330. The molecule has 4 rings (SSSR count). The maximum atomic E-state index is 12.4. The van der Waals surface area contributed by atoms with Crippen LogP contribution in [0, 0.1) is 13.8 Å². The summed E-state index contributed by atoms with van der Waals surface area (Å²) in [4.78, 5) is 55.5. The number of aliphatic carboxylic acids is 3.